The number of nitrogens with zero attached hydrogens (tertiary/aromatic N) is 3. The zero-order valence-electron chi connectivity index (χ0n) is 19.0. The first kappa shape index (κ1) is 25.7. The zero-order valence-corrected chi connectivity index (χ0v) is 20.6. The molecular formula is C24H21ClF2N4O4S. The first-order chi connectivity index (χ1) is 17.0. The number of sulfonamides is 1. The van der Waals surface area contributed by atoms with E-state index in [4.69, 9.17) is 16.7 Å². The van der Waals surface area contributed by atoms with E-state index in [2.05, 4.69) is 5.10 Å². The molecule has 0 aliphatic rings. The number of halogens is 3. The van der Waals surface area contributed by atoms with Crippen molar-refractivity contribution in [3.63, 3.8) is 0 Å². The number of rotatable bonds is 8. The standard InChI is InChI=1S/C24H21ClF2N4O4S/c1-2-19(32)23-22(14-6-4-3-5-7-14)18-10-15(25)8-9-17(18)24(33)30(23)12-16-11-21(36(28,34)35)31(29-16)13-20(26)27/h3-11,20H,2,12-13H2,1H3,(H2,28,34,35). The van der Waals surface area contributed by atoms with Crippen LogP contribution in [0.1, 0.15) is 29.5 Å². The van der Waals surface area contributed by atoms with E-state index < -0.39 is 33.6 Å². The highest BCUT2D eigenvalue weighted by atomic mass is 35.5. The van der Waals surface area contributed by atoms with Crippen LogP contribution in [0, 0.1) is 0 Å². The fourth-order valence-electron chi connectivity index (χ4n) is 4.10. The summed E-state index contributed by atoms with van der Waals surface area (Å²) in [6, 6.07) is 14.7. The maximum Gasteiger partial charge on any atom is 0.259 e. The quantitative estimate of drug-likeness (QED) is 0.342. The number of aromatic nitrogens is 3. The zero-order chi connectivity index (χ0) is 26.2. The molecule has 0 saturated heterocycles. The number of ketones is 1. The Hall–Kier alpha value is -3.41. The van der Waals surface area contributed by atoms with Crippen molar-refractivity contribution < 1.29 is 22.0 Å². The van der Waals surface area contributed by atoms with E-state index in [1.807, 2.05) is 0 Å². The molecule has 0 bridgehead atoms. The summed E-state index contributed by atoms with van der Waals surface area (Å²) in [6.07, 6.45) is -2.83. The lowest BCUT2D eigenvalue weighted by Crippen LogP contribution is -2.28. The summed E-state index contributed by atoms with van der Waals surface area (Å²) < 4.78 is 51.8. The van der Waals surface area contributed by atoms with Crippen molar-refractivity contribution in [3.8, 4) is 11.1 Å². The Labute approximate surface area is 210 Å². The monoisotopic (exact) mass is 534 g/mol. The molecule has 0 spiro atoms. The van der Waals surface area contributed by atoms with Gasteiger partial charge in [0.25, 0.3) is 22.0 Å². The first-order valence-electron chi connectivity index (χ1n) is 10.8. The van der Waals surface area contributed by atoms with Gasteiger partial charge in [-0.1, -0.05) is 48.9 Å². The van der Waals surface area contributed by atoms with Crippen LogP contribution in [-0.2, 0) is 23.1 Å². The van der Waals surface area contributed by atoms with Gasteiger partial charge in [-0.05, 0) is 29.1 Å². The Morgan fingerprint density at radius 3 is 2.42 bits per heavy atom. The predicted octanol–water partition coefficient (Wildman–Crippen LogP) is 4.07. The second kappa shape index (κ2) is 9.92. The Morgan fingerprint density at radius 2 is 1.81 bits per heavy atom. The van der Waals surface area contributed by atoms with Crippen molar-refractivity contribution in [2.75, 3.05) is 0 Å². The third-order valence-corrected chi connectivity index (χ3v) is 6.74. The van der Waals surface area contributed by atoms with E-state index in [9.17, 15) is 26.8 Å². The largest absolute Gasteiger partial charge is 0.298 e. The van der Waals surface area contributed by atoms with Crippen molar-refractivity contribution in [1.29, 1.82) is 0 Å². The topological polar surface area (TPSA) is 117 Å². The summed E-state index contributed by atoms with van der Waals surface area (Å²) in [5.74, 6) is -0.355. The number of Topliss-reactive ketones (excluding diaryl/α,β-unsaturated/α-hetero) is 1. The normalized spacial score (nSPS) is 11.9. The molecule has 2 aromatic carbocycles. The third-order valence-electron chi connectivity index (χ3n) is 5.60. The van der Waals surface area contributed by atoms with Gasteiger partial charge in [-0.2, -0.15) is 5.10 Å². The molecule has 188 valence electrons. The van der Waals surface area contributed by atoms with Crippen molar-refractivity contribution in [3.05, 3.63) is 81.4 Å². The SMILES string of the molecule is CCC(=O)c1c(-c2ccccc2)c2cc(Cl)ccc2c(=O)n1Cc1cc(S(N)(=O)=O)n(CC(F)F)n1. The van der Waals surface area contributed by atoms with E-state index in [1.165, 1.54) is 10.6 Å². The smallest absolute Gasteiger partial charge is 0.259 e. The van der Waals surface area contributed by atoms with Gasteiger partial charge in [0.05, 0.1) is 17.9 Å². The summed E-state index contributed by atoms with van der Waals surface area (Å²) in [6.45, 7) is 0.286. The number of hydrogen-bond donors (Lipinski definition) is 1. The highest BCUT2D eigenvalue weighted by Gasteiger charge is 2.25. The van der Waals surface area contributed by atoms with Crippen molar-refractivity contribution >= 4 is 38.2 Å². The second-order valence-electron chi connectivity index (χ2n) is 8.04. The minimum Gasteiger partial charge on any atom is -0.298 e. The number of fused-ring (bicyclic) bond motifs is 1. The lowest BCUT2D eigenvalue weighted by molar-refractivity contribution is 0.0979. The summed E-state index contributed by atoms with van der Waals surface area (Å²) in [7, 11) is -4.38. The number of pyridine rings is 1. The molecule has 2 aromatic heterocycles. The average molecular weight is 535 g/mol. The molecule has 0 unspecified atom stereocenters. The molecule has 0 aliphatic heterocycles. The summed E-state index contributed by atoms with van der Waals surface area (Å²) in [5, 5.41) is 9.64. The lowest BCUT2D eigenvalue weighted by atomic mass is 9.94. The van der Waals surface area contributed by atoms with Gasteiger partial charge < -0.3 is 0 Å². The molecule has 12 heteroatoms. The van der Waals surface area contributed by atoms with Crippen LogP contribution in [-0.4, -0.2) is 35.0 Å². The number of hydrogen-bond acceptors (Lipinski definition) is 5. The Balaban J connectivity index is 2.04. The van der Waals surface area contributed by atoms with Gasteiger partial charge in [0, 0.05) is 28.5 Å². The highest BCUT2D eigenvalue weighted by molar-refractivity contribution is 7.89. The summed E-state index contributed by atoms with van der Waals surface area (Å²) in [5.41, 5.74) is 0.629. The number of primary sulfonamides is 1. The van der Waals surface area contributed by atoms with Crippen LogP contribution < -0.4 is 10.7 Å². The van der Waals surface area contributed by atoms with Crippen molar-refractivity contribution in [2.45, 2.75) is 37.9 Å². The van der Waals surface area contributed by atoms with Crippen LogP contribution in [0.3, 0.4) is 0 Å². The van der Waals surface area contributed by atoms with Gasteiger partial charge in [0.15, 0.2) is 10.8 Å². The van der Waals surface area contributed by atoms with E-state index in [1.54, 1.807) is 49.4 Å². The fraction of sp³-hybridized carbons (Fsp3) is 0.208. The number of nitrogens with two attached hydrogens (primary N) is 1. The molecule has 36 heavy (non-hydrogen) atoms. The second-order valence-corrected chi connectivity index (χ2v) is 9.98. The maximum absolute atomic E-state index is 13.6. The van der Waals surface area contributed by atoms with Gasteiger partial charge in [-0.3, -0.25) is 14.2 Å². The van der Waals surface area contributed by atoms with E-state index >= 15 is 0 Å². The Kier molecular flexibility index (Phi) is 7.07. The average Bonchev–Trinajstić information content (AvgIpc) is 3.22. The van der Waals surface area contributed by atoms with Crippen LogP contribution in [0.2, 0.25) is 5.02 Å². The molecule has 0 amide bonds. The minimum absolute atomic E-state index is 0.0285. The molecule has 0 aliphatic carbocycles. The van der Waals surface area contributed by atoms with Crippen molar-refractivity contribution in [1.82, 2.24) is 14.3 Å². The van der Waals surface area contributed by atoms with Gasteiger partial charge in [-0.15, -0.1) is 0 Å². The molecule has 0 radical (unpaired) electrons. The first-order valence-corrected chi connectivity index (χ1v) is 12.8. The number of alkyl halides is 2. The van der Waals surface area contributed by atoms with Gasteiger partial charge in [-0.25, -0.2) is 27.0 Å². The highest BCUT2D eigenvalue weighted by Crippen LogP contribution is 2.33. The molecule has 2 N–H and O–H groups in total. The molecule has 0 fully saturated rings. The number of carbonyl (C=O) groups is 1. The predicted molar refractivity (Wildman–Crippen MR) is 132 cm³/mol. The summed E-state index contributed by atoms with van der Waals surface area (Å²) in [4.78, 5) is 26.8. The lowest BCUT2D eigenvalue weighted by Gasteiger charge is -2.19. The number of benzene rings is 2. The van der Waals surface area contributed by atoms with Gasteiger partial charge >= 0.3 is 0 Å². The Morgan fingerprint density at radius 1 is 1.11 bits per heavy atom. The van der Waals surface area contributed by atoms with E-state index in [-0.39, 0.29) is 35.5 Å². The molecule has 4 rings (SSSR count). The van der Waals surface area contributed by atoms with Crippen LogP contribution in [0.4, 0.5) is 8.78 Å². The summed E-state index contributed by atoms with van der Waals surface area (Å²) >= 11 is 6.23. The van der Waals surface area contributed by atoms with E-state index in [0.717, 1.165) is 6.07 Å². The van der Waals surface area contributed by atoms with Crippen LogP contribution in [0.25, 0.3) is 21.9 Å². The van der Waals surface area contributed by atoms with E-state index in [0.29, 0.717) is 26.2 Å². The maximum atomic E-state index is 13.6. The van der Waals surface area contributed by atoms with Crippen LogP contribution in [0.5, 0.6) is 0 Å². The van der Waals surface area contributed by atoms with Crippen molar-refractivity contribution in [2.24, 2.45) is 5.14 Å². The molecule has 0 atom stereocenters. The molecule has 8 nitrogen and oxygen atoms in total. The van der Waals surface area contributed by atoms with Crippen LogP contribution >= 0.6 is 11.6 Å². The third kappa shape index (κ3) is 4.95. The molecule has 4 aromatic rings. The number of carbonyl (C=O) groups excluding carboxylic acids is 1. The van der Waals surface area contributed by atoms with Crippen LogP contribution in [0.15, 0.2) is 64.4 Å². The minimum atomic E-state index is -4.38. The fourth-order valence-corrected chi connectivity index (χ4v) is 4.99. The molecule has 0 saturated carbocycles. The van der Waals surface area contributed by atoms with Gasteiger partial charge in [0.1, 0.15) is 6.54 Å². The van der Waals surface area contributed by atoms with Gasteiger partial charge in [0.2, 0.25) is 0 Å². The molecule has 2 heterocycles. The Bertz CT molecular complexity index is 1630. The molecular weight excluding hydrogens is 514 g/mol.